The van der Waals surface area contributed by atoms with Crippen LogP contribution < -0.4 is 15.0 Å². The van der Waals surface area contributed by atoms with E-state index >= 15 is 0 Å². The molecular weight excluding hydrogens is 318 g/mol. The summed E-state index contributed by atoms with van der Waals surface area (Å²) in [7, 11) is 1.38. The van der Waals surface area contributed by atoms with Crippen molar-refractivity contribution in [1.29, 1.82) is 0 Å². The molecule has 122 valence electrons. The van der Waals surface area contributed by atoms with Crippen LogP contribution in [0.2, 0.25) is 5.02 Å². The van der Waals surface area contributed by atoms with Crippen molar-refractivity contribution in [3.05, 3.63) is 59.1 Å². The van der Waals surface area contributed by atoms with Crippen LogP contribution >= 0.6 is 11.6 Å². The number of carbonyl (C=O) groups is 1. The molecule has 0 saturated carbocycles. The molecule has 2 aromatic carbocycles. The van der Waals surface area contributed by atoms with E-state index in [1.165, 1.54) is 7.11 Å². The van der Waals surface area contributed by atoms with Crippen LogP contribution in [0.15, 0.2) is 48.5 Å². The van der Waals surface area contributed by atoms with E-state index in [-0.39, 0.29) is 5.91 Å². The van der Waals surface area contributed by atoms with Crippen LogP contribution in [0.5, 0.6) is 11.5 Å². The number of halogens is 1. The summed E-state index contributed by atoms with van der Waals surface area (Å²) in [6.45, 7) is 2.08. The molecule has 1 atom stereocenters. The van der Waals surface area contributed by atoms with Crippen LogP contribution in [-0.2, 0) is 16.2 Å². The largest absolute Gasteiger partial charge is 0.489 e. The third kappa shape index (κ3) is 5.47. The molecule has 0 aliphatic rings. The Labute approximate surface area is 140 Å². The molecule has 2 aromatic rings. The van der Waals surface area contributed by atoms with E-state index in [4.69, 9.17) is 21.1 Å². The van der Waals surface area contributed by atoms with Gasteiger partial charge in [0.25, 0.3) is 5.91 Å². The molecule has 6 heteroatoms. The first-order valence-corrected chi connectivity index (χ1v) is 7.43. The first-order valence-electron chi connectivity index (χ1n) is 7.05. The third-order valence-corrected chi connectivity index (χ3v) is 3.28. The van der Waals surface area contributed by atoms with Gasteiger partial charge >= 0.3 is 0 Å². The van der Waals surface area contributed by atoms with Crippen LogP contribution in [-0.4, -0.2) is 19.1 Å². The molecule has 0 bridgehead atoms. The zero-order valence-corrected chi connectivity index (χ0v) is 13.7. The van der Waals surface area contributed by atoms with E-state index in [1.807, 2.05) is 24.3 Å². The first-order chi connectivity index (χ1) is 11.1. The number of hydroxylamine groups is 1. The SMILES string of the molecule is CONC(=O)C(C)Oc1ccc(COc2ccc(Cl)cc2)cc1. The van der Waals surface area contributed by atoms with Gasteiger partial charge < -0.3 is 9.47 Å². The average molecular weight is 336 g/mol. The van der Waals surface area contributed by atoms with Gasteiger partial charge in [-0.2, -0.15) is 0 Å². The lowest BCUT2D eigenvalue weighted by Crippen LogP contribution is -2.35. The van der Waals surface area contributed by atoms with E-state index in [2.05, 4.69) is 10.3 Å². The molecule has 0 spiro atoms. The Balaban J connectivity index is 1.86. The third-order valence-electron chi connectivity index (χ3n) is 3.03. The van der Waals surface area contributed by atoms with Gasteiger partial charge in [-0.15, -0.1) is 0 Å². The maximum atomic E-state index is 11.5. The summed E-state index contributed by atoms with van der Waals surface area (Å²) >= 11 is 5.82. The maximum Gasteiger partial charge on any atom is 0.284 e. The minimum Gasteiger partial charge on any atom is -0.489 e. The zero-order valence-electron chi connectivity index (χ0n) is 12.9. The lowest BCUT2D eigenvalue weighted by atomic mass is 10.2. The molecule has 0 aliphatic carbocycles. The number of carbonyl (C=O) groups excluding carboxylic acids is 1. The number of nitrogens with one attached hydrogen (secondary N) is 1. The number of hydrogen-bond donors (Lipinski definition) is 1. The highest BCUT2D eigenvalue weighted by molar-refractivity contribution is 6.30. The van der Waals surface area contributed by atoms with Crippen molar-refractivity contribution in [2.75, 3.05) is 7.11 Å². The molecule has 0 heterocycles. The van der Waals surface area contributed by atoms with Gasteiger partial charge in [-0.1, -0.05) is 23.7 Å². The summed E-state index contributed by atoms with van der Waals surface area (Å²) < 4.78 is 11.2. The quantitative estimate of drug-likeness (QED) is 0.788. The van der Waals surface area contributed by atoms with Crippen molar-refractivity contribution in [3.63, 3.8) is 0 Å². The smallest absolute Gasteiger partial charge is 0.284 e. The maximum absolute atomic E-state index is 11.5. The average Bonchev–Trinajstić information content (AvgIpc) is 2.56. The minimum absolute atomic E-state index is 0.345. The van der Waals surface area contributed by atoms with Crippen LogP contribution in [0, 0.1) is 0 Å². The molecule has 1 unspecified atom stereocenters. The molecule has 0 radical (unpaired) electrons. The number of rotatable bonds is 7. The summed E-state index contributed by atoms with van der Waals surface area (Å²) in [5.41, 5.74) is 3.21. The van der Waals surface area contributed by atoms with E-state index in [9.17, 15) is 4.79 Å². The highest BCUT2D eigenvalue weighted by Crippen LogP contribution is 2.18. The highest BCUT2D eigenvalue weighted by atomic mass is 35.5. The number of amides is 1. The Kier molecular flexibility index (Phi) is 6.26. The molecular formula is C17H18ClNO4. The van der Waals surface area contributed by atoms with Gasteiger partial charge in [0.15, 0.2) is 6.10 Å². The Bertz CT molecular complexity index is 628. The number of ether oxygens (including phenoxy) is 2. The topological polar surface area (TPSA) is 56.8 Å². The van der Waals surface area contributed by atoms with Gasteiger partial charge in [-0.3, -0.25) is 9.63 Å². The van der Waals surface area contributed by atoms with Crippen LogP contribution in [0.1, 0.15) is 12.5 Å². The van der Waals surface area contributed by atoms with Crippen LogP contribution in [0.3, 0.4) is 0 Å². The summed E-state index contributed by atoms with van der Waals surface area (Å²) in [5, 5.41) is 0.672. The zero-order chi connectivity index (χ0) is 16.7. The fraction of sp³-hybridized carbons (Fsp3) is 0.235. The summed E-state index contributed by atoms with van der Waals surface area (Å²) in [4.78, 5) is 16.1. The normalized spacial score (nSPS) is 11.6. The molecule has 0 saturated heterocycles. The fourth-order valence-electron chi connectivity index (χ4n) is 1.80. The predicted molar refractivity (Wildman–Crippen MR) is 87.5 cm³/mol. The minimum atomic E-state index is -0.647. The lowest BCUT2D eigenvalue weighted by molar-refractivity contribution is -0.137. The Morgan fingerprint density at radius 1 is 1.09 bits per heavy atom. The molecule has 0 aliphatic heterocycles. The standard InChI is InChI=1S/C17H18ClNO4/c1-12(17(20)19-21-2)23-16-7-3-13(4-8-16)11-22-15-9-5-14(18)6-10-15/h3-10,12H,11H2,1-2H3,(H,19,20). The van der Waals surface area contributed by atoms with Crippen molar-refractivity contribution in [2.45, 2.75) is 19.6 Å². The monoisotopic (exact) mass is 335 g/mol. The summed E-state index contributed by atoms with van der Waals surface area (Å²) in [5.74, 6) is 1.00. The van der Waals surface area contributed by atoms with Gasteiger partial charge in [-0.05, 0) is 48.9 Å². The Morgan fingerprint density at radius 2 is 1.70 bits per heavy atom. The van der Waals surface area contributed by atoms with Crippen molar-refractivity contribution in [2.24, 2.45) is 0 Å². The molecule has 0 fully saturated rings. The van der Waals surface area contributed by atoms with Crippen LogP contribution in [0.4, 0.5) is 0 Å². The van der Waals surface area contributed by atoms with Crippen molar-refractivity contribution >= 4 is 17.5 Å². The molecule has 5 nitrogen and oxygen atoms in total. The van der Waals surface area contributed by atoms with E-state index in [1.54, 1.807) is 31.2 Å². The van der Waals surface area contributed by atoms with Gasteiger partial charge in [0.05, 0.1) is 7.11 Å². The Hall–Kier alpha value is -2.24. The second kappa shape index (κ2) is 8.41. The van der Waals surface area contributed by atoms with Gasteiger partial charge in [-0.25, -0.2) is 5.48 Å². The van der Waals surface area contributed by atoms with E-state index in [0.29, 0.717) is 17.4 Å². The Morgan fingerprint density at radius 3 is 2.30 bits per heavy atom. The van der Waals surface area contributed by atoms with Crippen LogP contribution in [0.25, 0.3) is 0 Å². The summed E-state index contributed by atoms with van der Waals surface area (Å²) in [6.07, 6.45) is -0.647. The van der Waals surface area contributed by atoms with Crippen molar-refractivity contribution < 1.29 is 19.1 Å². The van der Waals surface area contributed by atoms with Gasteiger partial charge in [0.1, 0.15) is 18.1 Å². The van der Waals surface area contributed by atoms with Crippen molar-refractivity contribution in [1.82, 2.24) is 5.48 Å². The first kappa shape index (κ1) is 17.1. The van der Waals surface area contributed by atoms with Crippen molar-refractivity contribution in [3.8, 4) is 11.5 Å². The number of hydrogen-bond acceptors (Lipinski definition) is 4. The second-order valence-corrected chi connectivity index (χ2v) is 5.25. The highest BCUT2D eigenvalue weighted by Gasteiger charge is 2.14. The number of benzene rings is 2. The fourth-order valence-corrected chi connectivity index (χ4v) is 1.93. The van der Waals surface area contributed by atoms with E-state index in [0.717, 1.165) is 11.3 Å². The second-order valence-electron chi connectivity index (χ2n) is 4.82. The molecule has 0 aromatic heterocycles. The molecule has 2 rings (SSSR count). The molecule has 23 heavy (non-hydrogen) atoms. The van der Waals surface area contributed by atoms with Gasteiger partial charge in [0.2, 0.25) is 0 Å². The summed E-state index contributed by atoms with van der Waals surface area (Å²) in [6, 6.07) is 14.5. The predicted octanol–water partition coefficient (Wildman–Crippen LogP) is 3.36. The van der Waals surface area contributed by atoms with Gasteiger partial charge in [0, 0.05) is 5.02 Å². The van der Waals surface area contributed by atoms with E-state index < -0.39 is 6.10 Å². The molecule has 1 amide bonds. The molecule has 1 N–H and O–H groups in total. The lowest BCUT2D eigenvalue weighted by Gasteiger charge is -2.14.